The molecule has 0 bridgehead atoms. The highest BCUT2D eigenvalue weighted by Gasteiger charge is 2.13. The van der Waals surface area contributed by atoms with Crippen molar-refractivity contribution in [3.05, 3.63) is 70.0 Å². The van der Waals surface area contributed by atoms with Gasteiger partial charge >= 0.3 is 5.97 Å². The maximum absolute atomic E-state index is 13.5. The number of benzene rings is 2. The van der Waals surface area contributed by atoms with Crippen LogP contribution in [-0.4, -0.2) is 43.3 Å². The topological polar surface area (TPSA) is 116 Å². The summed E-state index contributed by atoms with van der Waals surface area (Å²) in [5, 5.41) is 12.2. The van der Waals surface area contributed by atoms with Crippen molar-refractivity contribution in [1.29, 1.82) is 0 Å². The number of ether oxygens (including phenoxy) is 1. The number of nitrogens with one attached hydrogen (secondary N) is 1. The number of hydrogen-bond acceptors (Lipinski definition) is 8. The van der Waals surface area contributed by atoms with Crippen LogP contribution in [0.15, 0.2) is 52.4 Å². The van der Waals surface area contributed by atoms with Crippen molar-refractivity contribution >= 4 is 28.6 Å². The monoisotopic (exact) mass is 412 g/mol. The first-order valence-corrected chi connectivity index (χ1v) is 9.32. The number of aromatic amines is 1. The number of tetrazole rings is 1. The van der Waals surface area contributed by atoms with Crippen LogP contribution in [0.25, 0.3) is 16.6 Å². The molecule has 2 heterocycles. The van der Waals surface area contributed by atoms with Gasteiger partial charge in [0, 0.05) is 0 Å². The number of rotatable bonds is 5. The maximum atomic E-state index is 13.5. The Bertz CT molecular complexity index is 1270. The summed E-state index contributed by atoms with van der Waals surface area (Å²) in [5.74, 6) is -0.290. The quantitative estimate of drug-likeness (QED) is 0.391. The third-order valence-corrected chi connectivity index (χ3v) is 4.94. The normalized spacial score (nSPS) is 11.0. The first-order chi connectivity index (χ1) is 14.0. The molecule has 9 nitrogen and oxygen atoms in total. The summed E-state index contributed by atoms with van der Waals surface area (Å²) < 4.78 is 19.6. The Morgan fingerprint density at radius 3 is 2.93 bits per heavy atom. The van der Waals surface area contributed by atoms with Gasteiger partial charge in [0.2, 0.25) is 5.16 Å². The van der Waals surface area contributed by atoms with Gasteiger partial charge in [0.05, 0.1) is 35.0 Å². The molecule has 0 aliphatic heterocycles. The maximum Gasteiger partial charge on any atom is 0.337 e. The molecule has 0 aliphatic carbocycles. The molecule has 0 spiro atoms. The second-order valence-corrected chi connectivity index (χ2v) is 6.82. The van der Waals surface area contributed by atoms with Gasteiger partial charge in [-0.15, -0.1) is 5.10 Å². The van der Waals surface area contributed by atoms with Crippen molar-refractivity contribution in [2.75, 3.05) is 7.11 Å². The van der Waals surface area contributed by atoms with E-state index in [9.17, 15) is 14.0 Å². The van der Waals surface area contributed by atoms with Crippen LogP contribution >= 0.6 is 11.8 Å². The number of esters is 1. The summed E-state index contributed by atoms with van der Waals surface area (Å²) in [6.45, 7) is 0. The zero-order valence-electron chi connectivity index (χ0n) is 15.0. The lowest BCUT2D eigenvalue weighted by atomic mass is 10.1. The van der Waals surface area contributed by atoms with Crippen LogP contribution in [-0.2, 0) is 10.5 Å². The first-order valence-electron chi connectivity index (χ1n) is 8.33. The van der Waals surface area contributed by atoms with Gasteiger partial charge in [0.25, 0.3) is 5.56 Å². The predicted molar refractivity (Wildman–Crippen MR) is 102 cm³/mol. The van der Waals surface area contributed by atoms with E-state index in [-0.39, 0.29) is 11.3 Å². The number of methoxy groups -OCH3 is 1. The second-order valence-electron chi connectivity index (χ2n) is 5.88. The Kier molecular flexibility index (Phi) is 5.04. The van der Waals surface area contributed by atoms with E-state index in [1.54, 1.807) is 12.1 Å². The summed E-state index contributed by atoms with van der Waals surface area (Å²) in [6, 6.07) is 10.4. The summed E-state index contributed by atoms with van der Waals surface area (Å²) in [7, 11) is 1.28. The van der Waals surface area contributed by atoms with Crippen molar-refractivity contribution < 1.29 is 13.9 Å². The molecular weight excluding hydrogens is 399 g/mol. The molecular formula is C18H13FN6O3S. The van der Waals surface area contributed by atoms with Crippen LogP contribution in [0, 0.1) is 5.82 Å². The van der Waals surface area contributed by atoms with E-state index in [0.29, 0.717) is 33.1 Å². The van der Waals surface area contributed by atoms with Crippen molar-refractivity contribution in [3.63, 3.8) is 0 Å². The molecule has 4 rings (SSSR count). The van der Waals surface area contributed by atoms with E-state index in [1.807, 2.05) is 0 Å². The van der Waals surface area contributed by atoms with E-state index in [2.05, 4.69) is 25.5 Å². The van der Waals surface area contributed by atoms with Crippen molar-refractivity contribution in [1.82, 2.24) is 30.2 Å². The van der Waals surface area contributed by atoms with Crippen LogP contribution < -0.4 is 5.56 Å². The Hall–Kier alpha value is -3.60. The number of aromatic nitrogens is 6. The van der Waals surface area contributed by atoms with Crippen LogP contribution in [0.1, 0.15) is 16.2 Å². The Morgan fingerprint density at radius 1 is 1.28 bits per heavy atom. The molecule has 0 radical (unpaired) electrons. The van der Waals surface area contributed by atoms with E-state index in [4.69, 9.17) is 4.74 Å². The van der Waals surface area contributed by atoms with Gasteiger partial charge < -0.3 is 9.72 Å². The molecule has 146 valence electrons. The summed E-state index contributed by atoms with van der Waals surface area (Å²) in [6.07, 6.45) is 0. The van der Waals surface area contributed by atoms with Crippen LogP contribution in [0.4, 0.5) is 4.39 Å². The smallest absolute Gasteiger partial charge is 0.337 e. The lowest BCUT2D eigenvalue weighted by molar-refractivity contribution is 0.0601. The number of fused-ring (bicyclic) bond motifs is 1. The number of nitrogens with zero attached hydrogens (tertiary/aromatic N) is 5. The lowest BCUT2D eigenvalue weighted by Gasteiger charge is -2.06. The Balaban J connectivity index is 1.62. The van der Waals surface area contributed by atoms with Gasteiger partial charge in [-0.25, -0.2) is 14.2 Å². The van der Waals surface area contributed by atoms with Gasteiger partial charge in [-0.3, -0.25) is 4.79 Å². The van der Waals surface area contributed by atoms with Gasteiger partial charge in [0.15, 0.2) is 0 Å². The molecule has 2 aromatic heterocycles. The summed E-state index contributed by atoms with van der Waals surface area (Å²) in [4.78, 5) is 31.2. The third-order valence-electron chi connectivity index (χ3n) is 4.01. The number of carbonyl (C=O) groups is 1. The summed E-state index contributed by atoms with van der Waals surface area (Å²) >= 11 is 1.22. The average molecular weight is 412 g/mol. The zero-order chi connectivity index (χ0) is 20.4. The number of H-pyrrole nitrogens is 1. The van der Waals surface area contributed by atoms with Gasteiger partial charge in [-0.05, 0) is 46.8 Å². The van der Waals surface area contributed by atoms with Crippen LogP contribution in [0.2, 0.25) is 0 Å². The summed E-state index contributed by atoms with van der Waals surface area (Å²) in [5.41, 5.74) is 0.815. The van der Waals surface area contributed by atoms with E-state index < -0.39 is 11.8 Å². The van der Waals surface area contributed by atoms with Crippen LogP contribution in [0.5, 0.6) is 0 Å². The number of carbonyl (C=O) groups excluding carboxylic acids is 1. The fourth-order valence-corrected chi connectivity index (χ4v) is 3.43. The fourth-order valence-electron chi connectivity index (χ4n) is 2.67. The molecule has 0 unspecified atom stereocenters. The number of halogens is 1. The Morgan fingerprint density at radius 2 is 2.14 bits per heavy atom. The minimum atomic E-state index is -0.515. The highest BCUT2D eigenvalue weighted by molar-refractivity contribution is 7.98. The van der Waals surface area contributed by atoms with Gasteiger partial charge in [-0.2, -0.15) is 4.68 Å². The molecule has 0 saturated heterocycles. The van der Waals surface area contributed by atoms with Crippen molar-refractivity contribution in [2.24, 2.45) is 0 Å². The lowest BCUT2D eigenvalue weighted by Crippen LogP contribution is -2.12. The molecule has 1 N–H and O–H groups in total. The van der Waals surface area contributed by atoms with E-state index in [1.165, 1.54) is 53.9 Å². The molecule has 0 saturated carbocycles. The zero-order valence-corrected chi connectivity index (χ0v) is 15.8. The number of thioether (sulfide) groups is 1. The molecule has 2 aromatic carbocycles. The molecule has 0 aliphatic rings. The molecule has 4 aromatic rings. The molecule has 0 amide bonds. The molecule has 29 heavy (non-hydrogen) atoms. The molecule has 0 atom stereocenters. The Labute approximate surface area is 166 Å². The first kappa shape index (κ1) is 18.7. The molecule has 0 fully saturated rings. The van der Waals surface area contributed by atoms with Gasteiger partial charge in [-0.1, -0.05) is 17.8 Å². The highest BCUT2D eigenvalue weighted by atomic mass is 32.2. The van der Waals surface area contributed by atoms with Crippen molar-refractivity contribution in [3.8, 4) is 5.69 Å². The van der Waals surface area contributed by atoms with Gasteiger partial charge in [0.1, 0.15) is 11.6 Å². The van der Waals surface area contributed by atoms with Crippen LogP contribution in [0.3, 0.4) is 0 Å². The minimum Gasteiger partial charge on any atom is -0.465 e. The highest BCUT2D eigenvalue weighted by Crippen LogP contribution is 2.22. The second kappa shape index (κ2) is 7.80. The largest absolute Gasteiger partial charge is 0.465 e. The standard InChI is InChI=1S/C18H13FN6O3S/c1-28-17(27)10-5-6-13-14(7-10)20-15(21-16(13)26)9-29-18-22-23-24-25(18)12-4-2-3-11(19)8-12/h2-8H,9H2,1H3,(H,20,21,26). The predicted octanol–water partition coefficient (Wildman–Crippen LogP) is 2.12. The SMILES string of the molecule is COC(=O)c1ccc2c(=O)[nH]c(CSc3nnnn3-c3cccc(F)c3)nc2c1. The number of hydrogen-bond donors (Lipinski definition) is 1. The average Bonchev–Trinajstić information content (AvgIpc) is 3.20. The van der Waals surface area contributed by atoms with E-state index in [0.717, 1.165) is 0 Å². The fraction of sp³-hybridized carbons (Fsp3) is 0.111. The molecule has 11 heteroatoms. The third kappa shape index (κ3) is 3.85. The van der Waals surface area contributed by atoms with E-state index >= 15 is 0 Å². The minimum absolute atomic E-state index is 0.253. The van der Waals surface area contributed by atoms with Crippen molar-refractivity contribution in [2.45, 2.75) is 10.9 Å².